The second kappa shape index (κ2) is 3.67. The molecule has 0 radical (unpaired) electrons. The van der Waals surface area contributed by atoms with Crippen molar-refractivity contribution in [2.45, 2.75) is 26.7 Å². The molecule has 70 valence electrons. The molecule has 0 nitrogen and oxygen atoms in total. The van der Waals surface area contributed by atoms with Gasteiger partial charge in [0, 0.05) is 4.88 Å². The van der Waals surface area contributed by atoms with E-state index in [1.54, 1.807) is 5.57 Å². The Morgan fingerprint density at radius 3 is 2.77 bits per heavy atom. The number of rotatable bonds is 3. The highest BCUT2D eigenvalue weighted by Crippen LogP contribution is 2.43. The van der Waals surface area contributed by atoms with Gasteiger partial charge in [-0.15, -0.1) is 11.3 Å². The van der Waals surface area contributed by atoms with Gasteiger partial charge in [-0.05, 0) is 41.7 Å². The van der Waals surface area contributed by atoms with Gasteiger partial charge in [0.2, 0.25) is 0 Å². The highest BCUT2D eigenvalue weighted by atomic mass is 32.1. The van der Waals surface area contributed by atoms with Gasteiger partial charge in [0.05, 0.1) is 0 Å². The minimum atomic E-state index is 0.678. The molecule has 0 aliphatic heterocycles. The van der Waals surface area contributed by atoms with Crippen molar-refractivity contribution < 1.29 is 0 Å². The Bertz CT molecular complexity index is 289. The minimum Gasteiger partial charge on any atom is -0.144 e. The molecule has 2 rings (SSSR count). The molecule has 1 heterocycles. The first kappa shape index (κ1) is 9.01. The molecule has 1 aromatic rings. The summed E-state index contributed by atoms with van der Waals surface area (Å²) >= 11 is 1.87. The average Bonchev–Trinajstić information content (AvgIpc) is 2.77. The van der Waals surface area contributed by atoms with E-state index in [2.05, 4.69) is 37.4 Å². The predicted molar refractivity (Wildman–Crippen MR) is 59.9 cm³/mol. The second-order valence-electron chi connectivity index (χ2n) is 4.12. The first-order valence-electron chi connectivity index (χ1n) is 5.03. The summed E-state index contributed by atoms with van der Waals surface area (Å²) in [6.07, 6.45) is 5.23. The molecular weight excluding hydrogens is 176 g/mol. The fourth-order valence-corrected chi connectivity index (χ4v) is 2.45. The van der Waals surface area contributed by atoms with Crippen molar-refractivity contribution in [3.63, 3.8) is 0 Å². The number of allylic oxidation sites excluding steroid dienone is 2. The van der Waals surface area contributed by atoms with E-state index in [-0.39, 0.29) is 0 Å². The van der Waals surface area contributed by atoms with Crippen molar-refractivity contribution in [2.75, 3.05) is 0 Å². The molecule has 0 N–H and O–H groups in total. The lowest BCUT2D eigenvalue weighted by atomic mass is 10.0. The van der Waals surface area contributed by atoms with Gasteiger partial charge >= 0.3 is 0 Å². The number of thiophene rings is 1. The quantitative estimate of drug-likeness (QED) is 0.673. The van der Waals surface area contributed by atoms with Crippen molar-refractivity contribution in [1.29, 1.82) is 0 Å². The van der Waals surface area contributed by atoms with Crippen LogP contribution < -0.4 is 0 Å². The van der Waals surface area contributed by atoms with Crippen LogP contribution in [-0.2, 0) is 0 Å². The maximum Gasteiger partial charge on any atom is 0.0302 e. The van der Waals surface area contributed by atoms with Crippen LogP contribution in [0.5, 0.6) is 0 Å². The normalized spacial score (nSPS) is 18.2. The van der Waals surface area contributed by atoms with Gasteiger partial charge < -0.3 is 0 Å². The average molecular weight is 192 g/mol. The van der Waals surface area contributed by atoms with E-state index < -0.39 is 0 Å². The van der Waals surface area contributed by atoms with Crippen LogP contribution in [0.1, 0.15) is 31.6 Å². The lowest BCUT2D eigenvalue weighted by molar-refractivity contribution is 0.828. The summed E-state index contributed by atoms with van der Waals surface area (Å²) in [5, 5.41) is 2.17. The summed E-state index contributed by atoms with van der Waals surface area (Å²) in [6, 6.07) is 4.40. The first-order chi connectivity index (χ1) is 6.27. The molecule has 1 saturated carbocycles. The molecule has 0 bridgehead atoms. The Balaban J connectivity index is 2.24. The van der Waals surface area contributed by atoms with Gasteiger partial charge in [0.25, 0.3) is 0 Å². The van der Waals surface area contributed by atoms with Crippen molar-refractivity contribution in [1.82, 2.24) is 0 Å². The fraction of sp³-hybridized carbons (Fsp3) is 0.500. The summed E-state index contributed by atoms with van der Waals surface area (Å²) in [5.74, 6) is 1.55. The summed E-state index contributed by atoms with van der Waals surface area (Å²) < 4.78 is 0. The summed E-state index contributed by atoms with van der Waals surface area (Å²) in [7, 11) is 0. The van der Waals surface area contributed by atoms with E-state index in [9.17, 15) is 0 Å². The van der Waals surface area contributed by atoms with E-state index >= 15 is 0 Å². The third-order valence-electron chi connectivity index (χ3n) is 2.34. The Kier molecular flexibility index (Phi) is 2.54. The number of hydrogen-bond acceptors (Lipinski definition) is 1. The van der Waals surface area contributed by atoms with E-state index in [0.29, 0.717) is 5.92 Å². The van der Waals surface area contributed by atoms with E-state index in [4.69, 9.17) is 0 Å². The highest BCUT2D eigenvalue weighted by molar-refractivity contribution is 7.11. The van der Waals surface area contributed by atoms with Crippen LogP contribution in [0.4, 0.5) is 0 Å². The van der Waals surface area contributed by atoms with Crippen molar-refractivity contribution in [2.24, 2.45) is 11.8 Å². The SMILES string of the molecule is CC(C)/C=C(/c1cccs1)C1CC1. The van der Waals surface area contributed by atoms with Gasteiger partial charge in [0.15, 0.2) is 0 Å². The van der Waals surface area contributed by atoms with Crippen LogP contribution in [0, 0.1) is 11.8 Å². The Labute approximate surface area is 84.3 Å². The molecule has 1 heteroatoms. The third-order valence-corrected chi connectivity index (χ3v) is 3.25. The van der Waals surface area contributed by atoms with Gasteiger partial charge in [-0.1, -0.05) is 26.0 Å². The van der Waals surface area contributed by atoms with Gasteiger partial charge in [0.1, 0.15) is 0 Å². The smallest absolute Gasteiger partial charge is 0.0302 e. The minimum absolute atomic E-state index is 0.678. The van der Waals surface area contributed by atoms with Crippen LogP contribution in [-0.4, -0.2) is 0 Å². The van der Waals surface area contributed by atoms with Crippen LogP contribution in [0.2, 0.25) is 0 Å². The molecule has 1 aromatic heterocycles. The molecule has 0 spiro atoms. The van der Waals surface area contributed by atoms with Gasteiger partial charge in [-0.2, -0.15) is 0 Å². The lowest BCUT2D eigenvalue weighted by Gasteiger charge is -2.04. The molecule has 0 saturated heterocycles. The van der Waals surface area contributed by atoms with Crippen molar-refractivity contribution in [3.8, 4) is 0 Å². The zero-order chi connectivity index (χ0) is 9.26. The van der Waals surface area contributed by atoms with Gasteiger partial charge in [-0.3, -0.25) is 0 Å². The third kappa shape index (κ3) is 2.22. The van der Waals surface area contributed by atoms with E-state index in [1.807, 2.05) is 11.3 Å². The van der Waals surface area contributed by atoms with Crippen LogP contribution in [0.25, 0.3) is 5.57 Å². The first-order valence-corrected chi connectivity index (χ1v) is 5.91. The van der Waals surface area contributed by atoms with Gasteiger partial charge in [-0.25, -0.2) is 0 Å². The number of hydrogen-bond donors (Lipinski definition) is 0. The van der Waals surface area contributed by atoms with E-state index in [0.717, 1.165) is 5.92 Å². The molecule has 0 aromatic carbocycles. The standard InChI is InChI=1S/C12H16S/c1-9(2)8-11(10-5-6-10)12-4-3-7-13-12/h3-4,7-10H,5-6H2,1-2H3/b11-8+. The molecule has 0 amide bonds. The maximum atomic E-state index is 2.43. The molecule has 0 atom stereocenters. The highest BCUT2D eigenvalue weighted by Gasteiger charge is 2.27. The predicted octanol–water partition coefficient (Wildman–Crippen LogP) is 4.20. The topological polar surface area (TPSA) is 0 Å². The van der Waals surface area contributed by atoms with Crippen LogP contribution in [0.3, 0.4) is 0 Å². The summed E-state index contributed by atoms with van der Waals surface area (Å²) in [6.45, 7) is 4.52. The van der Waals surface area contributed by atoms with Crippen molar-refractivity contribution >= 4 is 16.9 Å². The monoisotopic (exact) mass is 192 g/mol. The summed E-state index contributed by atoms with van der Waals surface area (Å²) in [5.41, 5.74) is 1.60. The molecular formula is C12H16S. The zero-order valence-electron chi connectivity index (χ0n) is 8.29. The summed E-state index contributed by atoms with van der Waals surface area (Å²) in [4.78, 5) is 1.48. The largest absolute Gasteiger partial charge is 0.144 e. The molecule has 13 heavy (non-hydrogen) atoms. The molecule has 1 aliphatic carbocycles. The van der Waals surface area contributed by atoms with Crippen LogP contribution >= 0.6 is 11.3 Å². The maximum absolute atomic E-state index is 2.43. The Morgan fingerprint density at radius 1 is 1.54 bits per heavy atom. The Morgan fingerprint density at radius 2 is 2.31 bits per heavy atom. The zero-order valence-corrected chi connectivity index (χ0v) is 9.10. The van der Waals surface area contributed by atoms with E-state index in [1.165, 1.54) is 17.7 Å². The Hall–Kier alpha value is -0.560. The lowest BCUT2D eigenvalue weighted by Crippen LogP contribution is -1.87. The van der Waals surface area contributed by atoms with Crippen molar-refractivity contribution in [3.05, 3.63) is 28.5 Å². The second-order valence-corrected chi connectivity index (χ2v) is 5.07. The molecule has 1 fully saturated rings. The fourth-order valence-electron chi connectivity index (χ4n) is 1.62. The molecule has 1 aliphatic rings. The molecule has 0 unspecified atom stereocenters. The van der Waals surface area contributed by atoms with Crippen LogP contribution in [0.15, 0.2) is 23.6 Å².